The lowest BCUT2D eigenvalue weighted by Gasteiger charge is -2.08. The van der Waals surface area contributed by atoms with E-state index in [1.165, 1.54) is 12.3 Å². The lowest BCUT2D eigenvalue weighted by molar-refractivity contribution is 0.282. The lowest BCUT2D eigenvalue weighted by atomic mass is 10.2. The number of hydrogen-bond acceptors (Lipinski definition) is 2. The Morgan fingerprint density at radius 1 is 1.62 bits per heavy atom. The van der Waals surface area contributed by atoms with Crippen LogP contribution in [0.2, 0.25) is 0 Å². The molecule has 70 valence electrons. The van der Waals surface area contributed by atoms with Crippen molar-refractivity contribution in [2.75, 3.05) is 0 Å². The van der Waals surface area contributed by atoms with Gasteiger partial charge in [-0.05, 0) is 25.3 Å². The molecule has 2 rings (SSSR count). The molecule has 1 fully saturated rings. The summed E-state index contributed by atoms with van der Waals surface area (Å²) in [5.74, 6) is 0.0613. The van der Waals surface area contributed by atoms with Crippen molar-refractivity contribution in [2.24, 2.45) is 0 Å². The van der Waals surface area contributed by atoms with E-state index in [-0.39, 0.29) is 11.9 Å². The van der Waals surface area contributed by atoms with Gasteiger partial charge in [0.25, 0.3) is 0 Å². The van der Waals surface area contributed by atoms with E-state index in [4.69, 9.17) is 4.74 Å². The maximum Gasteiger partial charge on any atom is 0.176 e. The van der Waals surface area contributed by atoms with E-state index < -0.39 is 0 Å². The highest BCUT2D eigenvalue weighted by molar-refractivity contribution is 5.29. The maximum atomic E-state index is 13.3. The van der Waals surface area contributed by atoms with Crippen molar-refractivity contribution in [1.82, 2.24) is 4.98 Å². The fourth-order valence-electron chi connectivity index (χ4n) is 1.19. The molecule has 0 unspecified atom stereocenters. The molecule has 1 aromatic heterocycles. The summed E-state index contributed by atoms with van der Waals surface area (Å²) >= 11 is 0. The second kappa shape index (κ2) is 3.32. The molecule has 0 atom stereocenters. The Labute approximate surface area is 76.7 Å². The molecular formula is C10H12FNO. The van der Waals surface area contributed by atoms with Crippen LogP contribution >= 0.6 is 0 Å². The van der Waals surface area contributed by atoms with E-state index in [0.29, 0.717) is 17.9 Å². The molecule has 0 amide bonds. The van der Waals surface area contributed by atoms with Gasteiger partial charge in [-0.15, -0.1) is 0 Å². The van der Waals surface area contributed by atoms with Crippen LogP contribution in [0.3, 0.4) is 0 Å². The van der Waals surface area contributed by atoms with E-state index in [9.17, 15) is 4.39 Å². The lowest BCUT2D eigenvalue weighted by Crippen LogP contribution is -2.03. The number of ether oxygens (including phenoxy) is 1. The topological polar surface area (TPSA) is 22.1 Å². The summed E-state index contributed by atoms with van der Waals surface area (Å²) in [5, 5.41) is 0. The van der Waals surface area contributed by atoms with E-state index in [1.54, 1.807) is 0 Å². The number of hydrogen-bond donors (Lipinski definition) is 0. The molecule has 0 saturated heterocycles. The zero-order valence-electron chi connectivity index (χ0n) is 7.59. The zero-order valence-corrected chi connectivity index (χ0v) is 7.59. The van der Waals surface area contributed by atoms with E-state index in [0.717, 1.165) is 12.8 Å². The molecule has 1 heterocycles. The minimum atomic E-state index is -0.293. The summed E-state index contributed by atoms with van der Waals surface area (Å²) in [4.78, 5) is 4.07. The minimum Gasteiger partial charge on any atom is -0.485 e. The van der Waals surface area contributed by atoms with Crippen LogP contribution in [0.1, 0.15) is 25.5 Å². The van der Waals surface area contributed by atoms with Crippen LogP contribution in [0.5, 0.6) is 5.75 Å². The van der Waals surface area contributed by atoms with Crippen LogP contribution in [0.4, 0.5) is 4.39 Å². The molecule has 0 aliphatic heterocycles. The van der Waals surface area contributed by atoms with Crippen molar-refractivity contribution in [1.29, 1.82) is 0 Å². The Bertz CT molecular complexity index is 310. The molecular weight excluding hydrogens is 169 g/mol. The Balaban J connectivity index is 2.27. The predicted molar refractivity (Wildman–Crippen MR) is 47.2 cm³/mol. The van der Waals surface area contributed by atoms with Gasteiger partial charge in [0.15, 0.2) is 11.6 Å². The number of rotatable bonds is 3. The van der Waals surface area contributed by atoms with Crippen LogP contribution in [0.15, 0.2) is 12.3 Å². The normalized spacial score (nSPS) is 15.8. The SMILES string of the molecule is CCc1nccc(F)c1OC1CC1. The summed E-state index contributed by atoms with van der Waals surface area (Å²) in [6.07, 6.45) is 4.49. The molecule has 1 aliphatic rings. The predicted octanol–water partition coefficient (Wildman–Crippen LogP) is 2.32. The van der Waals surface area contributed by atoms with Crippen molar-refractivity contribution in [3.8, 4) is 5.75 Å². The van der Waals surface area contributed by atoms with Gasteiger partial charge in [0.05, 0.1) is 11.8 Å². The highest BCUT2D eigenvalue weighted by atomic mass is 19.1. The largest absolute Gasteiger partial charge is 0.485 e. The average molecular weight is 181 g/mol. The van der Waals surface area contributed by atoms with Crippen molar-refractivity contribution >= 4 is 0 Å². The number of aromatic nitrogens is 1. The summed E-state index contributed by atoms with van der Waals surface area (Å²) in [7, 11) is 0. The quantitative estimate of drug-likeness (QED) is 0.714. The van der Waals surface area contributed by atoms with Crippen LogP contribution in [-0.2, 0) is 6.42 Å². The third kappa shape index (κ3) is 1.79. The first-order chi connectivity index (χ1) is 6.31. The van der Waals surface area contributed by atoms with Gasteiger partial charge in [-0.1, -0.05) is 6.92 Å². The fraction of sp³-hybridized carbons (Fsp3) is 0.500. The third-order valence-electron chi connectivity index (χ3n) is 2.07. The van der Waals surface area contributed by atoms with E-state index in [2.05, 4.69) is 4.98 Å². The van der Waals surface area contributed by atoms with Crippen LogP contribution in [-0.4, -0.2) is 11.1 Å². The Kier molecular flexibility index (Phi) is 2.17. The first kappa shape index (κ1) is 8.48. The average Bonchev–Trinajstić information content (AvgIpc) is 2.92. The molecule has 1 aromatic rings. The molecule has 13 heavy (non-hydrogen) atoms. The minimum absolute atomic E-state index is 0.226. The highest BCUT2D eigenvalue weighted by Gasteiger charge is 2.26. The van der Waals surface area contributed by atoms with Crippen molar-refractivity contribution in [2.45, 2.75) is 32.3 Å². The molecule has 0 bridgehead atoms. The molecule has 3 heteroatoms. The molecule has 0 radical (unpaired) electrons. The second-order valence-electron chi connectivity index (χ2n) is 3.24. The van der Waals surface area contributed by atoms with Gasteiger partial charge in [-0.25, -0.2) is 4.39 Å². The van der Waals surface area contributed by atoms with E-state index >= 15 is 0 Å². The Hall–Kier alpha value is -1.12. The summed E-state index contributed by atoms with van der Waals surface area (Å²) < 4.78 is 18.7. The van der Waals surface area contributed by atoms with Gasteiger partial charge in [0, 0.05) is 6.20 Å². The van der Waals surface area contributed by atoms with Crippen molar-refractivity contribution in [3.63, 3.8) is 0 Å². The number of halogens is 1. The van der Waals surface area contributed by atoms with Crippen molar-refractivity contribution in [3.05, 3.63) is 23.8 Å². The molecule has 1 saturated carbocycles. The van der Waals surface area contributed by atoms with Gasteiger partial charge in [0.1, 0.15) is 0 Å². The monoisotopic (exact) mass is 181 g/mol. The summed E-state index contributed by atoms with van der Waals surface area (Å²) in [5.41, 5.74) is 0.715. The highest BCUT2D eigenvalue weighted by Crippen LogP contribution is 2.30. The molecule has 1 aliphatic carbocycles. The van der Waals surface area contributed by atoms with Crippen LogP contribution < -0.4 is 4.74 Å². The van der Waals surface area contributed by atoms with Gasteiger partial charge < -0.3 is 4.74 Å². The molecule has 0 spiro atoms. The second-order valence-corrected chi connectivity index (χ2v) is 3.24. The molecule has 2 nitrogen and oxygen atoms in total. The van der Waals surface area contributed by atoms with Crippen LogP contribution in [0.25, 0.3) is 0 Å². The van der Waals surface area contributed by atoms with E-state index in [1.807, 2.05) is 6.92 Å². The Morgan fingerprint density at radius 3 is 3.00 bits per heavy atom. The first-order valence-electron chi connectivity index (χ1n) is 4.61. The van der Waals surface area contributed by atoms with Gasteiger partial charge in [-0.2, -0.15) is 0 Å². The summed E-state index contributed by atoms with van der Waals surface area (Å²) in [6.45, 7) is 1.95. The smallest absolute Gasteiger partial charge is 0.176 e. The van der Waals surface area contributed by atoms with Crippen molar-refractivity contribution < 1.29 is 9.13 Å². The third-order valence-corrected chi connectivity index (χ3v) is 2.07. The number of nitrogens with zero attached hydrogens (tertiary/aromatic N) is 1. The molecule has 0 N–H and O–H groups in total. The number of pyridine rings is 1. The van der Waals surface area contributed by atoms with Gasteiger partial charge >= 0.3 is 0 Å². The first-order valence-corrected chi connectivity index (χ1v) is 4.61. The zero-order chi connectivity index (χ0) is 9.26. The number of aryl methyl sites for hydroxylation is 1. The standard InChI is InChI=1S/C10H12FNO/c1-2-9-10(13-7-3-4-7)8(11)5-6-12-9/h5-7H,2-4H2,1H3. The maximum absolute atomic E-state index is 13.3. The molecule has 0 aromatic carbocycles. The van der Waals surface area contributed by atoms with Crippen LogP contribution in [0, 0.1) is 5.82 Å². The Morgan fingerprint density at radius 2 is 2.38 bits per heavy atom. The van der Waals surface area contributed by atoms with Gasteiger partial charge in [0.2, 0.25) is 0 Å². The summed E-state index contributed by atoms with van der Waals surface area (Å²) in [6, 6.07) is 1.34. The van der Waals surface area contributed by atoms with Gasteiger partial charge in [-0.3, -0.25) is 4.98 Å². The fourth-order valence-corrected chi connectivity index (χ4v) is 1.19.